The van der Waals surface area contributed by atoms with E-state index in [1.54, 1.807) is 66.7 Å². The number of hydrogen-bond acceptors (Lipinski definition) is 11. The molecule has 0 radical (unpaired) electrons. The summed E-state index contributed by atoms with van der Waals surface area (Å²) in [5.74, 6) is -2.76. The fourth-order valence-corrected chi connectivity index (χ4v) is 5.00. The Balaban J connectivity index is 1.56. The Bertz CT molecular complexity index is 1820. The molecule has 0 spiro atoms. The Labute approximate surface area is 278 Å². The second-order valence-electron chi connectivity index (χ2n) is 10.3. The molecule has 12 nitrogen and oxygen atoms in total. The molecular formula is C33H27Cl2N3O9. The van der Waals surface area contributed by atoms with Crippen molar-refractivity contribution in [2.75, 3.05) is 18.5 Å². The highest BCUT2D eigenvalue weighted by molar-refractivity contribution is 6.43. The maximum atomic E-state index is 13.5. The van der Waals surface area contributed by atoms with Gasteiger partial charge >= 0.3 is 17.9 Å². The van der Waals surface area contributed by atoms with E-state index < -0.39 is 59.6 Å². The minimum Gasteiger partial charge on any atom is -0.459 e. The zero-order valence-electron chi connectivity index (χ0n) is 24.7. The van der Waals surface area contributed by atoms with Crippen molar-refractivity contribution >= 4 is 52.7 Å². The van der Waals surface area contributed by atoms with Gasteiger partial charge in [0.15, 0.2) is 24.3 Å². The Morgan fingerprint density at radius 3 is 1.77 bits per heavy atom. The molecule has 1 aliphatic heterocycles. The first-order valence-corrected chi connectivity index (χ1v) is 15.0. The lowest BCUT2D eigenvalue weighted by Crippen LogP contribution is -2.43. The first-order chi connectivity index (χ1) is 22.6. The standard InChI is InChI=1S/C33H27Cl2N3O9/c1-19(39)17-36-28-24(34)25(35)29(40)38(37-28)30-27(47-33(43)22-15-9-4-10-16-22)26(46-32(42)21-13-7-3-8-14-21)23(45-30)18-44-31(41)20-11-5-2-6-12-20/h2-16,23,26-27,30H,17-18H2,1H3,(H,36,37)/t23-,26-,27-,30-/m1/s1. The monoisotopic (exact) mass is 679 g/mol. The average molecular weight is 680 g/mol. The molecule has 1 aromatic heterocycles. The van der Waals surface area contributed by atoms with Crippen LogP contribution < -0.4 is 10.9 Å². The number of ether oxygens (including phenoxy) is 4. The van der Waals surface area contributed by atoms with E-state index in [0.29, 0.717) is 0 Å². The van der Waals surface area contributed by atoms with Crippen LogP contribution in [0.2, 0.25) is 10.0 Å². The number of Topliss-reactive ketones (excluding diaryl/α,β-unsaturated/α-hetero) is 1. The summed E-state index contributed by atoms with van der Waals surface area (Å²) in [5, 5.41) is 6.20. The highest BCUT2D eigenvalue weighted by Gasteiger charge is 2.52. The van der Waals surface area contributed by atoms with E-state index in [9.17, 15) is 24.0 Å². The van der Waals surface area contributed by atoms with E-state index in [-0.39, 0.29) is 39.9 Å². The molecule has 4 aromatic rings. The summed E-state index contributed by atoms with van der Waals surface area (Å²) >= 11 is 12.6. The molecule has 4 atom stereocenters. The number of halogens is 2. The number of carbonyl (C=O) groups excluding carboxylic acids is 4. The van der Waals surface area contributed by atoms with Crippen molar-refractivity contribution in [2.45, 2.75) is 31.5 Å². The number of nitrogens with zero attached hydrogens (tertiary/aromatic N) is 2. The minimum atomic E-state index is -1.57. The molecule has 3 aromatic carbocycles. The van der Waals surface area contributed by atoms with E-state index in [2.05, 4.69) is 10.4 Å². The third-order valence-corrected chi connectivity index (χ3v) is 7.74. The van der Waals surface area contributed by atoms with Gasteiger partial charge in [0.2, 0.25) is 0 Å². The molecule has 1 aliphatic rings. The molecule has 1 N–H and O–H groups in total. The number of benzene rings is 3. The molecule has 0 aliphatic carbocycles. The number of rotatable bonds is 11. The van der Waals surface area contributed by atoms with Gasteiger partial charge in [-0.3, -0.25) is 9.59 Å². The van der Waals surface area contributed by atoms with Crippen molar-refractivity contribution in [1.82, 2.24) is 9.78 Å². The SMILES string of the molecule is CC(=O)CNc1nn([C@@H]2O[C@H](COC(=O)c3ccccc3)[C@@H](OC(=O)c3ccccc3)[C@H]2OC(=O)c2ccccc2)c(=O)c(Cl)c1Cl. The van der Waals surface area contributed by atoms with Gasteiger partial charge in [0.25, 0.3) is 5.56 Å². The summed E-state index contributed by atoms with van der Waals surface area (Å²) in [6.45, 7) is 0.640. The molecule has 0 saturated carbocycles. The number of anilines is 1. The highest BCUT2D eigenvalue weighted by atomic mass is 35.5. The molecule has 0 amide bonds. The van der Waals surface area contributed by atoms with E-state index in [1.807, 2.05) is 0 Å². The minimum absolute atomic E-state index is 0.139. The number of carbonyl (C=O) groups is 4. The van der Waals surface area contributed by atoms with Gasteiger partial charge in [0.05, 0.1) is 23.2 Å². The van der Waals surface area contributed by atoms with Crippen molar-refractivity contribution in [3.8, 4) is 0 Å². The van der Waals surface area contributed by atoms with Crippen molar-refractivity contribution < 1.29 is 38.1 Å². The fourth-order valence-electron chi connectivity index (χ4n) is 4.64. The second kappa shape index (κ2) is 15.0. The van der Waals surface area contributed by atoms with Crippen LogP contribution in [-0.2, 0) is 23.7 Å². The van der Waals surface area contributed by atoms with Gasteiger partial charge in [0.1, 0.15) is 28.5 Å². The van der Waals surface area contributed by atoms with Crippen LogP contribution >= 0.6 is 23.2 Å². The molecule has 14 heteroatoms. The van der Waals surface area contributed by atoms with Crippen LogP contribution in [0.15, 0.2) is 95.8 Å². The molecular weight excluding hydrogens is 653 g/mol. The number of esters is 3. The first-order valence-electron chi connectivity index (χ1n) is 14.2. The van der Waals surface area contributed by atoms with E-state index >= 15 is 0 Å². The summed E-state index contributed by atoms with van der Waals surface area (Å²) in [7, 11) is 0. The highest BCUT2D eigenvalue weighted by Crippen LogP contribution is 2.36. The quantitative estimate of drug-likeness (QED) is 0.173. The summed E-state index contributed by atoms with van der Waals surface area (Å²) in [4.78, 5) is 64.7. The molecule has 0 unspecified atom stereocenters. The van der Waals surface area contributed by atoms with Crippen LogP contribution in [0.4, 0.5) is 5.82 Å². The maximum absolute atomic E-state index is 13.5. The summed E-state index contributed by atoms with van der Waals surface area (Å²) in [6.07, 6.45) is -5.80. The lowest BCUT2D eigenvalue weighted by atomic mass is 10.1. The second-order valence-corrected chi connectivity index (χ2v) is 11.0. The summed E-state index contributed by atoms with van der Waals surface area (Å²) in [5.41, 5.74) is -0.373. The van der Waals surface area contributed by atoms with Crippen LogP contribution in [0.1, 0.15) is 44.2 Å². The Morgan fingerprint density at radius 1 is 0.766 bits per heavy atom. The normalized spacial score (nSPS) is 18.6. The molecule has 0 bridgehead atoms. The topological polar surface area (TPSA) is 152 Å². The molecule has 1 saturated heterocycles. The maximum Gasteiger partial charge on any atom is 0.338 e. The largest absolute Gasteiger partial charge is 0.459 e. The third kappa shape index (κ3) is 7.86. The molecule has 1 fully saturated rings. The smallest absolute Gasteiger partial charge is 0.338 e. The van der Waals surface area contributed by atoms with Gasteiger partial charge in [-0.1, -0.05) is 77.8 Å². The van der Waals surface area contributed by atoms with Gasteiger partial charge in [-0.05, 0) is 43.3 Å². The average Bonchev–Trinajstić information content (AvgIpc) is 3.42. The van der Waals surface area contributed by atoms with Crippen molar-refractivity contribution in [2.24, 2.45) is 0 Å². The summed E-state index contributed by atoms with van der Waals surface area (Å²) < 4.78 is 24.2. The van der Waals surface area contributed by atoms with Crippen LogP contribution in [0.25, 0.3) is 0 Å². The van der Waals surface area contributed by atoms with Crippen molar-refractivity contribution in [3.63, 3.8) is 0 Å². The number of nitrogens with one attached hydrogen (secondary N) is 1. The van der Waals surface area contributed by atoms with Gasteiger partial charge in [-0.2, -0.15) is 4.68 Å². The molecule has 47 heavy (non-hydrogen) atoms. The lowest BCUT2D eigenvalue weighted by Gasteiger charge is -2.25. The van der Waals surface area contributed by atoms with Gasteiger partial charge in [-0.15, -0.1) is 5.10 Å². The first kappa shape index (κ1) is 33.3. The molecule has 2 heterocycles. The number of aromatic nitrogens is 2. The predicted octanol–water partition coefficient (Wildman–Crippen LogP) is 4.76. The van der Waals surface area contributed by atoms with Gasteiger partial charge in [-0.25, -0.2) is 14.4 Å². The Kier molecular flexibility index (Phi) is 10.7. The predicted molar refractivity (Wildman–Crippen MR) is 170 cm³/mol. The Morgan fingerprint density at radius 2 is 1.26 bits per heavy atom. The van der Waals surface area contributed by atoms with Crippen LogP contribution in [0, 0.1) is 0 Å². The third-order valence-electron chi connectivity index (χ3n) is 6.93. The van der Waals surface area contributed by atoms with Crippen LogP contribution in [0.3, 0.4) is 0 Å². The summed E-state index contributed by atoms with van der Waals surface area (Å²) in [6, 6.07) is 24.1. The number of hydrogen-bond donors (Lipinski definition) is 1. The Hall–Kier alpha value is -5.04. The van der Waals surface area contributed by atoms with E-state index in [4.69, 9.17) is 42.1 Å². The zero-order chi connectivity index (χ0) is 33.5. The van der Waals surface area contributed by atoms with Gasteiger partial charge < -0.3 is 24.3 Å². The lowest BCUT2D eigenvalue weighted by molar-refractivity contribution is -0.115. The van der Waals surface area contributed by atoms with Crippen molar-refractivity contribution in [3.05, 3.63) is 128 Å². The molecule has 5 rings (SSSR count). The number of ketones is 1. The van der Waals surface area contributed by atoms with Crippen LogP contribution in [-0.4, -0.2) is 64.9 Å². The zero-order valence-corrected chi connectivity index (χ0v) is 26.2. The van der Waals surface area contributed by atoms with E-state index in [0.717, 1.165) is 4.68 Å². The van der Waals surface area contributed by atoms with Crippen molar-refractivity contribution in [1.29, 1.82) is 0 Å². The fraction of sp³-hybridized carbons (Fsp3) is 0.212. The van der Waals surface area contributed by atoms with E-state index in [1.165, 1.54) is 31.2 Å². The van der Waals surface area contributed by atoms with Crippen LogP contribution in [0.5, 0.6) is 0 Å². The molecule has 242 valence electrons. The van der Waals surface area contributed by atoms with Gasteiger partial charge in [0, 0.05) is 0 Å².